The minimum atomic E-state index is -4.77. The molecule has 1 aliphatic heterocycles. The standard InChI is InChI=1S/C18H12ClF4N9O/c1-17(18(21,22)23)8-30(11-7-24-13-5-12(20)29-31(13)14(11)17)16(33)28-9-4-10(19)15(25-6-9)32-26-2-3-27-32/h2-7H,8H2,1H3,(H,28,33)/t17-/m0/s1. The summed E-state index contributed by atoms with van der Waals surface area (Å²) in [5, 5.41) is 13.9. The molecule has 0 aromatic carbocycles. The summed E-state index contributed by atoms with van der Waals surface area (Å²) < 4.78 is 56.7. The predicted octanol–water partition coefficient (Wildman–Crippen LogP) is 3.37. The lowest BCUT2D eigenvalue weighted by atomic mass is 9.88. The predicted molar refractivity (Wildman–Crippen MR) is 107 cm³/mol. The van der Waals surface area contributed by atoms with Crippen LogP contribution in [0.4, 0.5) is 33.7 Å². The monoisotopic (exact) mass is 481 g/mol. The van der Waals surface area contributed by atoms with Crippen LogP contribution in [0.25, 0.3) is 11.5 Å². The molecular formula is C18H12ClF4N9O. The zero-order valence-corrected chi connectivity index (χ0v) is 17.3. The summed E-state index contributed by atoms with van der Waals surface area (Å²) in [6, 6.07) is 1.37. The summed E-state index contributed by atoms with van der Waals surface area (Å²) >= 11 is 6.18. The van der Waals surface area contributed by atoms with Crippen LogP contribution in [0.2, 0.25) is 5.02 Å². The number of nitrogens with one attached hydrogen (secondary N) is 1. The Labute approximate surface area is 186 Å². The van der Waals surface area contributed by atoms with E-state index in [4.69, 9.17) is 11.6 Å². The van der Waals surface area contributed by atoms with E-state index in [0.29, 0.717) is 0 Å². The van der Waals surface area contributed by atoms with Crippen molar-refractivity contribution >= 4 is 34.7 Å². The van der Waals surface area contributed by atoms with Gasteiger partial charge in [-0.2, -0.15) is 27.8 Å². The number of alkyl halides is 3. The number of carbonyl (C=O) groups excluding carboxylic acids is 1. The minimum absolute atomic E-state index is 0.0985. The minimum Gasteiger partial charge on any atom is -0.306 e. The van der Waals surface area contributed by atoms with Gasteiger partial charge >= 0.3 is 12.2 Å². The summed E-state index contributed by atoms with van der Waals surface area (Å²) in [6.45, 7) is 0.152. The van der Waals surface area contributed by atoms with Gasteiger partial charge in [0.15, 0.2) is 11.5 Å². The molecule has 0 fully saturated rings. The fraction of sp³-hybridized carbons (Fsp3) is 0.222. The van der Waals surface area contributed by atoms with Crippen molar-refractivity contribution in [3.8, 4) is 5.82 Å². The molecule has 170 valence electrons. The Bertz CT molecular complexity index is 1390. The first kappa shape index (κ1) is 21.1. The van der Waals surface area contributed by atoms with E-state index in [9.17, 15) is 22.4 Å². The van der Waals surface area contributed by atoms with Gasteiger partial charge in [-0.1, -0.05) is 11.6 Å². The van der Waals surface area contributed by atoms with E-state index >= 15 is 0 Å². The van der Waals surface area contributed by atoms with Gasteiger partial charge in [0.05, 0.1) is 46.9 Å². The summed E-state index contributed by atoms with van der Waals surface area (Å²) in [5.74, 6) is -0.793. The molecule has 5 heterocycles. The van der Waals surface area contributed by atoms with Crippen LogP contribution in [0.5, 0.6) is 0 Å². The van der Waals surface area contributed by atoms with Crippen LogP contribution in [0.3, 0.4) is 0 Å². The second-order valence-electron chi connectivity index (χ2n) is 7.42. The van der Waals surface area contributed by atoms with Crippen LogP contribution >= 0.6 is 11.6 Å². The number of anilines is 2. The molecule has 1 N–H and O–H groups in total. The van der Waals surface area contributed by atoms with Gasteiger partial charge in [-0.3, -0.25) is 4.90 Å². The van der Waals surface area contributed by atoms with Gasteiger partial charge in [0.2, 0.25) is 5.95 Å². The van der Waals surface area contributed by atoms with Crippen molar-refractivity contribution < 1.29 is 22.4 Å². The van der Waals surface area contributed by atoms with E-state index in [1.54, 1.807) is 0 Å². The summed E-state index contributed by atoms with van der Waals surface area (Å²) in [7, 11) is 0. The molecule has 4 aromatic heterocycles. The van der Waals surface area contributed by atoms with Crippen LogP contribution in [0, 0.1) is 5.95 Å². The maximum Gasteiger partial charge on any atom is 0.401 e. The van der Waals surface area contributed by atoms with Gasteiger partial charge in [0.1, 0.15) is 5.41 Å². The molecule has 15 heteroatoms. The highest BCUT2D eigenvalue weighted by Crippen LogP contribution is 2.49. The fourth-order valence-electron chi connectivity index (χ4n) is 3.65. The first-order valence-electron chi connectivity index (χ1n) is 9.31. The van der Waals surface area contributed by atoms with Crippen molar-refractivity contribution in [3.05, 3.63) is 53.6 Å². The molecule has 0 aliphatic carbocycles. The van der Waals surface area contributed by atoms with Crippen molar-refractivity contribution in [2.45, 2.75) is 18.5 Å². The van der Waals surface area contributed by atoms with Gasteiger partial charge in [-0.05, 0) is 13.0 Å². The lowest BCUT2D eigenvalue weighted by Crippen LogP contribution is -2.46. The summed E-state index contributed by atoms with van der Waals surface area (Å²) in [5.41, 5.74) is -3.05. The largest absolute Gasteiger partial charge is 0.401 e. The van der Waals surface area contributed by atoms with Gasteiger partial charge in [-0.25, -0.2) is 19.3 Å². The second-order valence-corrected chi connectivity index (χ2v) is 7.83. The molecule has 0 saturated heterocycles. The number of hydrogen-bond acceptors (Lipinski definition) is 6. The maximum absolute atomic E-state index is 14.1. The third kappa shape index (κ3) is 3.25. The molecule has 0 unspecified atom stereocenters. The average molecular weight is 482 g/mol. The second kappa shape index (κ2) is 7.10. The van der Waals surface area contributed by atoms with Gasteiger partial charge in [0.25, 0.3) is 0 Å². The Hall–Kier alpha value is -3.81. The summed E-state index contributed by atoms with van der Waals surface area (Å²) in [4.78, 5) is 23.0. The van der Waals surface area contributed by atoms with E-state index in [1.165, 1.54) is 29.5 Å². The van der Waals surface area contributed by atoms with E-state index in [1.807, 2.05) is 0 Å². The van der Waals surface area contributed by atoms with Gasteiger partial charge in [0, 0.05) is 12.6 Å². The highest BCUT2D eigenvalue weighted by molar-refractivity contribution is 6.32. The number of pyridine rings is 1. The van der Waals surface area contributed by atoms with E-state index in [2.05, 4.69) is 30.6 Å². The molecule has 1 aliphatic rings. The molecule has 1 atom stereocenters. The fourth-order valence-corrected chi connectivity index (χ4v) is 3.90. The molecule has 33 heavy (non-hydrogen) atoms. The lowest BCUT2D eigenvalue weighted by molar-refractivity contribution is -0.181. The Morgan fingerprint density at radius 1 is 1.18 bits per heavy atom. The zero-order chi connectivity index (χ0) is 23.5. The number of aromatic nitrogens is 7. The maximum atomic E-state index is 14.1. The molecule has 0 saturated carbocycles. The third-order valence-electron chi connectivity index (χ3n) is 5.27. The van der Waals surface area contributed by atoms with Crippen molar-refractivity contribution in [3.63, 3.8) is 0 Å². The van der Waals surface area contributed by atoms with Crippen LogP contribution in [0.15, 0.2) is 36.9 Å². The molecule has 5 rings (SSSR count). The van der Waals surface area contributed by atoms with Crippen molar-refractivity contribution in [2.24, 2.45) is 0 Å². The number of urea groups is 1. The van der Waals surface area contributed by atoms with Gasteiger partial charge < -0.3 is 5.32 Å². The molecule has 4 aromatic rings. The summed E-state index contributed by atoms with van der Waals surface area (Å²) in [6.07, 6.45) is 0.419. The first-order valence-corrected chi connectivity index (χ1v) is 9.68. The van der Waals surface area contributed by atoms with Gasteiger partial charge in [-0.15, -0.1) is 9.90 Å². The molecular weight excluding hydrogens is 470 g/mol. The number of amides is 2. The van der Waals surface area contributed by atoms with E-state index in [-0.39, 0.29) is 27.9 Å². The smallest absolute Gasteiger partial charge is 0.306 e. The van der Waals surface area contributed by atoms with E-state index in [0.717, 1.165) is 28.6 Å². The molecule has 2 amide bonds. The number of fused-ring (bicyclic) bond motifs is 3. The SMILES string of the molecule is C[C@]1(C(F)(F)F)CN(C(=O)Nc2cnc(-n3nccn3)c(Cl)c2)c2cnc3cc(F)nn3c21. The van der Waals surface area contributed by atoms with Crippen LogP contribution in [-0.4, -0.2) is 53.3 Å². The third-order valence-corrected chi connectivity index (χ3v) is 5.55. The Balaban J connectivity index is 1.51. The molecule has 10 nitrogen and oxygen atoms in total. The van der Waals surface area contributed by atoms with Crippen molar-refractivity contribution in [2.75, 3.05) is 16.8 Å². The molecule has 0 radical (unpaired) electrons. The Kier molecular flexibility index (Phi) is 4.53. The topological polar surface area (TPSA) is 106 Å². The van der Waals surface area contributed by atoms with Crippen molar-refractivity contribution in [1.29, 1.82) is 0 Å². The number of carbonyl (C=O) groups is 1. The number of hydrogen-bond donors (Lipinski definition) is 1. The first-order chi connectivity index (χ1) is 15.6. The number of nitrogens with zero attached hydrogens (tertiary/aromatic N) is 8. The van der Waals surface area contributed by atoms with Crippen LogP contribution < -0.4 is 10.2 Å². The highest BCUT2D eigenvalue weighted by atomic mass is 35.5. The normalized spacial score (nSPS) is 18.1. The number of halogens is 5. The Morgan fingerprint density at radius 3 is 2.58 bits per heavy atom. The quantitative estimate of drug-likeness (QED) is 0.440. The average Bonchev–Trinajstić information content (AvgIpc) is 3.45. The van der Waals surface area contributed by atoms with Crippen LogP contribution in [0.1, 0.15) is 12.6 Å². The zero-order valence-electron chi connectivity index (χ0n) is 16.5. The molecule has 0 spiro atoms. The van der Waals surface area contributed by atoms with Crippen LogP contribution in [-0.2, 0) is 5.41 Å². The van der Waals surface area contributed by atoms with E-state index < -0.39 is 35.8 Å². The highest BCUT2D eigenvalue weighted by Gasteiger charge is 2.60. The molecule has 0 bridgehead atoms. The number of rotatable bonds is 2. The van der Waals surface area contributed by atoms with Crippen molar-refractivity contribution in [1.82, 2.24) is 34.6 Å². The Morgan fingerprint density at radius 2 is 1.91 bits per heavy atom. The lowest BCUT2D eigenvalue weighted by Gasteiger charge is -2.28.